The van der Waals surface area contributed by atoms with E-state index in [9.17, 15) is 14.4 Å². The quantitative estimate of drug-likeness (QED) is 0.532. The van der Waals surface area contributed by atoms with Gasteiger partial charge in [0.15, 0.2) is 6.10 Å². The summed E-state index contributed by atoms with van der Waals surface area (Å²) in [7, 11) is 1.36. The third kappa shape index (κ3) is 6.07. The van der Waals surface area contributed by atoms with Crippen molar-refractivity contribution in [1.82, 2.24) is 20.4 Å². The van der Waals surface area contributed by atoms with Gasteiger partial charge in [0.05, 0.1) is 12.2 Å². The van der Waals surface area contributed by atoms with Gasteiger partial charge in [-0.15, -0.1) is 0 Å². The highest BCUT2D eigenvalue weighted by molar-refractivity contribution is 6.32. The molecule has 2 rings (SSSR count). The van der Waals surface area contributed by atoms with Crippen molar-refractivity contribution < 1.29 is 19.1 Å². The Bertz CT molecular complexity index is 956. The molecule has 0 saturated heterocycles. The number of halogens is 2. The number of rotatable bonds is 6. The van der Waals surface area contributed by atoms with E-state index in [1.807, 2.05) is 23.5 Å². The highest BCUT2D eigenvalue weighted by atomic mass is 35.5. The lowest BCUT2D eigenvalue weighted by Gasteiger charge is -2.11. The van der Waals surface area contributed by atoms with Crippen LogP contribution in [0.15, 0.2) is 30.3 Å². The zero-order valence-corrected chi connectivity index (χ0v) is 17.5. The second-order valence-electron chi connectivity index (χ2n) is 6.02. The molecule has 1 heterocycles. The second kappa shape index (κ2) is 10.1. The number of hydrogen-bond acceptors (Lipinski definition) is 5. The van der Waals surface area contributed by atoms with Gasteiger partial charge in [0.1, 0.15) is 5.15 Å². The van der Waals surface area contributed by atoms with Gasteiger partial charge in [-0.3, -0.25) is 10.1 Å². The highest BCUT2D eigenvalue weighted by Gasteiger charge is 2.19. The first kappa shape index (κ1) is 22.4. The molecule has 2 N–H and O–H groups in total. The smallest absolute Gasteiger partial charge is 0.331 e. The van der Waals surface area contributed by atoms with E-state index in [4.69, 9.17) is 27.9 Å². The van der Waals surface area contributed by atoms with Gasteiger partial charge < -0.3 is 10.1 Å². The Morgan fingerprint density at radius 3 is 2.62 bits per heavy atom. The summed E-state index contributed by atoms with van der Waals surface area (Å²) in [4.78, 5) is 34.8. The summed E-state index contributed by atoms with van der Waals surface area (Å²) in [5.41, 5.74) is 2.00. The highest BCUT2D eigenvalue weighted by Crippen LogP contribution is 2.24. The second-order valence-corrected chi connectivity index (χ2v) is 6.78. The zero-order valence-electron chi connectivity index (χ0n) is 16.0. The number of hydrogen-bond donors (Lipinski definition) is 2. The van der Waals surface area contributed by atoms with Crippen LogP contribution in [0.1, 0.15) is 23.7 Å². The summed E-state index contributed by atoms with van der Waals surface area (Å²) in [6.07, 6.45) is 1.45. The first-order valence-corrected chi connectivity index (χ1v) is 9.36. The first-order valence-electron chi connectivity index (χ1n) is 8.60. The molecule has 0 aliphatic rings. The molecule has 29 heavy (non-hydrogen) atoms. The average Bonchev–Trinajstić information content (AvgIpc) is 2.94. The molecule has 0 saturated carbocycles. The van der Waals surface area contributed by atoms with Crippen LogP contribution in [0, 0.1) is 6.92 Å². The van der Waals surface area contributed by atoms with Crippen LogP contribution in [0.5, 0.6) is 0 Å². The molecule has 8 nitrogen and oxygen atoms in total. The standard InChI is InChI=1S/C19H20Cl2N4O4/c1-11-14(8-9-16(26)29-12(2)18(27)23-19(28)22-3)17(21)25(24-11)10-13-6-4-5-7-15(13)20/h4-9,12H,10H2,1-3H3,(H2,22,23,27,28)/b9-8+. The van der Waals surface area contributed by atoms with E-state index in [1.54, 1.807) is 17.7 Å². The van der Waals surface area contributed by atoms with Crippen LogP contribution in [0.4, 0.5) is 4.79 Å². The Kier molecular flexibility index (Phi) is 7.81. The summed E-state index contributed by atoms with van der Waals surface area (Å²) in [6, 6.07) is 6.65. The molecule has 1 aromatic carbocycles. The molecule has 1 aromatic heterocycles. The van der Waals surface area contributed by atoms with E-state index in [-0.39, 0.29) is 0 Å². The Balaban J connectivity index is 2.06. The predicted molar refractivity (Wildman–Crippen MR) is 110 cm³/mol. The molecular formula is C19H20Cl2N4O4. The van der Waals surface area contributed by atoms with Crippen molar-refractivity contribution in [2.24, 2.45) is 0 Å². The zero-order chi connectivity index (χ0) is 21.6. The number of carbonyl (C=O) groups is 3. The van der Waals surface area contributed by atoms with Crippen molar-refractivity contribution in [2.45, 2.75) is 26.5 Å². The molecule has 2 aromatic rings. The number of nitrogens with zero attached hydrogens (tertiary/aromatic N) is 2. The fourth-order valence-corrected chi connectivity index (χ4v) is 2.84. The average molecular weight is 439 g/mol. The van der Waals surface area contributed by atoms with Gasteiger partial charge >= 0.3 is 12.0 Å². The molecule has 1 unspecified atom stereocenters. The van der Waals surface area contributed by atoms with E-state index >= 15 is 0 Å². The van der Waals surface area contributed by atoms with Crippen LogP contribution in [-0.4, -0.2) is 40.8 Å². The normalized spacial score (nSPS) is 11.9. The lowest BCUT2D eigenvalue weighted by atomic mass is 10.2. The van der Waals surface area contributed by atoms with Gasteiger partial charge in [-0.05, 0) is 31.6 Å². The number of aromatic nitrogens is 2. The number of urea groups is 1. The molecule has 154 valence electrons. The largest absolute Gasteiger partial charge is 0.449 e. The molecular weight excluding hydrogens is 419 g/mol. The number of amides is 3. The molecule has 3 amide bonds. The molecule has 0 radical (unpaired) electrons. The van der Waals surface area contributed by atoms with Gasteiger partial charge in [0.2, 0.25) is 0 Å². The number of carbonyl (C=O) groups excluding carboxylic acids is 3. The first-order chi connectivity index (χ1) is 13.7. The minimum absolute atomic E-state index is 0.330. The molecule has 0 fully saturated rings. The fraction of sp³-hybridized carbons (Fsp3) is 0.263. The lowest BCUT2D eigenvalue weighted by Crippen LogP contribution is -2.43. The Morgan fingerprint density at radius 2 is 1.97 bits per heavy atom. The summed E-state index contributed by atoms with van der Waals surface area (Å²) >= 11 is 12.6. The van der Waals surface area contributed by atoms with Gasteiger partial charge in [-0.1, -0.05) is 41.4 Å². The van der Waals surface area contributed by atoms with Crippen LogP contribution in [0.3, 0.4) is 0 Å². The summed E-state index contributed by atoms with van der Waals surface area (Å²) in [5, 5.41) is 9.55. The number of aryl methyl sites for hydroxylation is 1. The number of imide groups is 1. The van der Waals surface area contributed by atoms with E-state index in [0.717, 1.165) is 11.6 Å². The minimum atomic E-state index is -1.15. The van der Waals surface area contributed by atoms with Gasteiger partial charge in [-0.2, -0.15) is 5.10 Å². The van der Waals surface area contributed by atoms with Crippen molar-refractivity contribution >= 4 is 47.2 Å². The summed E-state index contributed by atoms with van der Waals surface area (Å²) < 4.78 is 6.54. The van der Waals surface area contributed by atoms with Crippen LogP contribution in [-0.2, 0) is 20.9 Å². The number of benzene rings is 1. The third-order valence-electron chi connectivity index (χ3n) is 3.90. The van der Waals surface area contributed by atoms with E-state index in [1.165, 1.54) is 20.0 Å². The summed E-state index contributed by atoms with van der Waals surface area (Å²) in [5.74, 6) is -1.51. The minimum Gasteiger partial charge on any atom is -0.449 e. The van der Waals surface area contributed by atoms with Crippen LogP contribution in [0.2, 0.25) is 10.2 Å². The molecule has 0 bridgehead atoms. The van der Waals surface area contributed by atoms with E-state index in [0.29, 0.717) is 28.0 Å². The predicted octanol–water partition coefficient (Wildman–Crippen LogP) is 2.95. The maximum Gasteiger partial charge on any atom is 0.331 e. The van der Waals surface area contributed by atoms with Gasteiger partial charge in [0.25, 0.3) is 5.91 Å². The van der Waals surface area contributed by atoms with Gasteiger partial charge in [-0.25, -0.2) is 14.3 Å². The monoisotopic (exact) mass is 438 g/mol. The maximum absolute atomic E-state index is 12.0. The van der Waals surface area contributed by atoms with E-state index in [2.05, 4.69) is 10.4 Å². The van der Waals surface area contributed by atoms with Crippen LogP contribution < -0.4 is 10.6 Å². The number of ether oxygens (including phenoxy) is 1. The van der Waals surface area contributed by atoms with Crippen molar-refractivity contribution in [3.8, 4) is 0 Å². The van der Waals surface area contributed by atoms with Crippen molar-refractivity contribution in [3.05, 3.63) is 57.3 Å². The molecule has 0 spiro atoms. The van der Waals surface area contributed by atoms with Crippen molar-refractivity contribution in [1.29, 1.82) is 0 Å². The Labute approximate surface area is 177 Å². The molecule has 0 aliphatic heterocycles. The Morgan fingerprint density at radius 1 is 1.28 bits per heavy atom. The molecule has 10 heteroatoms. The molecule has 0 aliphatic carbocycles. The number of esters is 1. The van der Waals surface area contributed by atoms with Crippen molar-refractivity contribution in [2.75, 3.05) is 7.05 Å². The summed E-state index contributed by atoms with van der Waals surface area (Å²) in [6.45, 7) is 3.47. The van der Waals surface area contributed by atoms with Crippen molar-refractivity contribution in [3.63, 3.8) is 0 Å². The SMILES string of the molecule is CNC(=O)NC(=O)C(C)OC(=O)/C=C/c1c(C)nn(Cc2ccccc2Cl)c1Cl. The topological polar surface area (TPSA) is 102 Å². The number of nitrogens with one attached hydrogen (secondary N) is 2. The third-order valence-corrected chi connectivity index (χ3v) is 4.67. The van der Waals surface area contributed by atoms with E-state index < -0.39 is 24.0 Å². The van der Waals surface area contributed by atoms with Crippen LogP contribution >= 0.6 is 23.2 Å². The Hall–Kier alpha value is -2.84. The van der Waals surface area contributed by atoms with Crippen LogP contribution in [0.25, 0.3) is 6.08 Å². The maximum atomic E-state index is 12.0. The molecule has 1 atom stereocenters. The van der Waals surface area contributed by atoms with Gasteiger partial charge in [0, 0.05) is 23.7 Å². The fourth-order valence-electron chi connectivity index (χ4n) is 2.34. The lowest BCUT2D eigenvalue weighted by molar-refractivity contribution is -0.149.